The molecule has 2 aromatic rings. The van der Waals surface area contributed by atoms with Crippen LogP contribution in [0.1, 0.15) is 11.5 Å². The Labute approximate surface area is 122 Å². The molecular weight excluding hydrogens is 271 g/mol. The summed E-state index contributed by atoms with van der Waals surface area (Å²) in [5.41, 5.74) is 1.01. The van der Waals surface area contributed by atoms with Crippen molar-refractivity contribution in [2.24, 2.45) is 0 Å². The highest BCUT2D eigenvalue weighted by Crippen LogP contribution is 2.07. The van der Waals surface area contributed by atoms with E-state index < -0.39 is 7.12 Å². The number of rotatable bonds is 5. The van der Waals surface area contributed by atoms with E-state index in [4.69, 9.17) is 14.8 Å². The van der Waals surface area contributed by atoms with Gasteiger partial charge in [-0.15, -0.1) is 0 Å². The van der Waals surface area contributed by atoms with E-state index >= 15 is 0 Å². The summed E-state index contributed by atoms with van der Waals surface area (Å²) in [6.45, 7) is 4.30. The van der Waals surface area contributed by atoms with E-state index in [0.29, 0.717) is 35.9 Å². The second-order valence-corrected chi connectivity index (χ2v) is 4.73. The lowest BCUT2D eigenvalue weighted by Crippen LogP contribution is -2.29. The second kappa shape index (κ2) is 6.56. The monoisotopic (exact) mass is 288 g/mol. The van der Waals surface area contributed by atoms with Gasteiger partial charge in [-0.05, 0) is 31.4 Å². The molecule has 0 saturated heterocycles. The molecule has 0 atom stereocenters. The standard InChI is InChI=1S/C14H17BN2O4/c1-10-9-14(18)17(11(2)16-10)7-8-21-13-5-3-12(4-6-13)15(19)20/h3-6,9,19-20H,7-8H2,1-2H3. The quantitative estimate of drug-likeness (QED) is 0.733. The maximum absolute atomic E-state index is 11.8. The first-order valence-electron chi connectivity index (χ1n) is 6.61. The molecule has 2 N–H and O–H groups in total. The molecule has 0 fully saturated rings. The fourth-order valence-electron chi connectivity index (χ4n) is 2.03. The van der Waals surface area contributed by atoms with Crippen LogP contribution in [-0.4, -0.2) is 33.3 Å². The Hall–Kier alpha value is -2.12. The van der Waals surface area contributed by atoms with Crippen molar-refractivity contribution < 1.29 is 14.8 Å². The summed E-state index contributed by atoms with van der Waals surface area (Å²) >= 11 is 0. The van der Waals surface area contributed by atoms with E-state index in [1.54, 1.807) is 42.7 Å². The molecule has 1 aromatic carbocycles. The van der Waals surface area contributed by atoms with Crippen molar-refractivity contribution in [2.75, 3.05) is 6.61 Å². The Balaban J connectivity index is 1.97. The van der Waals surface area contributed by atoms with Gasteiger partial charge < -0.3 is 14.8 Å². The zero-order chi connectivity index (χ0) is 15.4. The molecule has 110 valence electrons. The van der Waals surface area contributed by atoms with Crippen LogP contribution in [0.2, 0.25) is 0 Å². The molecule has 0 unspecified atom stereocenters. The number of ether oxygens (including phenoxy) is 1. The highest BCUT2D eigenvalue weighted by molar-refractivity contribution is 6.58. The third-order valence-corrected chi connectivity index (χ3v) is 3.09. The first kappa shape index (κ1) is 15.3. The second-order valence-electron chi connectivity index (χ2n) is 4.73. The minimum Gasteiger partial charge on any atom is -0.492 e. The van der Waals surface area contributed by atoms with Crippen LogP contribution in [-0.2, 0) is 6.54 Å². The van der Waals surface area contributed by atoms with Gasteiger partial charge in [0.1, 0.15) is 18.2 Å². The van der Waals surface area contributed by atoms with Crippen molar-refractivity contribution in [1.82, 2.24) is 9.55 Å². The van der Waals surface area contributed by atoms with E-state index in [0.717, 1.165) is 0 Å². The van der Waals surface area contributed by atoms with E-state index in [-0.39, 0.29) is 5.56 Å². The Morgan fingerprint density at radius 3 is 2.48 bits per heavy atom. The molecule has 0 saturated carbocycles. The molecule has 1 heterocycles. The highest BCUT2D eigenvalue weighted by atomic mass is 16.5. The average Bonchev–Trinajstić information content (AvgIpc) is 2.42. The molecule has 21 heavy (non-hydrogen) atoms. The largest absolute Gasteiger partial charge is 0.492 e. The number of nitrogens with zero attached hydrogens (tertiary/aromatic N) is 2. The number of hydrogen-bond donors (Lipinski definition) is 2. The van der Waals surface area contributed by atoms with E-state index in [1.807, 2.05) is 0 Å². The summed E-state index contributed by atoms with van der Waals surface area (Å²) in [6.07, 6.45) is 0. The van der Waals surface area contributed by atoms with Gasteiger partial charge in [0, 0.05) is 11.8 Å². The number of aryl methyl sites for hydroxylation is 2. The smallest absolute Gasteiger partial charge is 0.488 e. The van der Waals surface area contributed by atoms with Crippen molar-refractivity contribution >= 4 is 12.6 Å². The maximum atomic E-state index is 11.8. The molecule has 6 nitrogen and oxygen atoms in total. The molecule has 0 bridgehead atoms. The van der Waals surface area contributed by atoms with Crippen LogP contribution in [0.25, 0.3) is 0 Å². The van der Waals surface area contributed by atoms with Gasteiger partial charge in [0.2, 0.25) is 0 Å². The first-order chi connectivity index (χ1) is 9.97. The molecule has 0 radical (unpaired) electrons. The SMILES string of the molecule is Cc1cc(=O)n(CCOc2ccc(B(O)O)cc2)c(C)n1. The zero-order valence-corrected chi connectivity index (χ0v) is 12.0. The fourth-order valence-corrected chi connectivity index (χ4v) is 2.03. The van der Waals surface area contributed by atoms with Crippen LogP contribution in [0.15, 0.2) is 35.1 Å². The Morgan fingerprint density at radius 1 is 1.24 bits per heavy atom. The lowest BCUT2D eigenvalue weighted by atomic mass is 9.80. The molecule has 0 aliphatic carbocycles. The molecule has 0 spiro atoms. The summed E-state index contributed by atoms with van der Waals surface area (Å²) < 4.78 is 7.09. The van der Waals surface area contributed by atoms with Crippen molar-refractivity contribution in [3.8, 4) is 5.75 Å². The van der Waals surface area contributed by atoms with Crippen LogP contribution < -0.4 is 15.8 Å². The summed E-state index contributed by atoms with van der Waals surface area (Å²) in [5.74, 6) is 1.26. The van der Waals surface area contributed by atoms with Crippen molar-refractivity contribution in [3.63, 3.8) is 0 Å². The van der Waals surface area contributed by atoms with Gasteiger partial charge in [-0.3, -0.25) is 9.36 Å². The Kier molecular flexibility index (Phi) is 4.77. The van der Waals surface area contributed by atoms with E-state index in [2.05, 4.69) is 4.98 Å². The predicted molar refractivity (Wildman–Crippen MR) is 79.7 cm³/mol. The maximum Gasteiger partial charge on any atom is 0.488 e. The van der Waals surface area contributed by atoms with Gasteiger partial charge >= 0.3 is 7.12 Å². The summed E-state index contributed by atoms with van der Waals surface area (Å²) in [6, 6.07) is 7.94. The first-order valence-corrected chi connectivity index (χ1v) is 6.61. The summed E-state index contributed by atoms with van der Waals surface area (Å²) in [7, 11) is -1.49. The molecule has 2 rings (SSSR count). The van der Waals surface area contributed by atoms with Crippen LogP contribution in [0.3, 0.4) is 0 Å². The predicted octanol–water partition coefficient (Wildman–Crippen LogP) is -0.381. The van der Waals surface area contributed by atoms with Crippen molar-refractivity contribution in [2.45, 2.75) is 20.4 Å². The van der Waals surface area contributed by atoms with Crippen molar-refractivity contribution in [3.05, 3.63) is 52.2 Å². The molecule has 0 aliphatic heterocycles. The third kappa shape index (κ3) is 3.93. The molecule has 1 aromatic heterocycles. The summed E-state index contributed by atoms with van der Waals surface area (Å²) in [5, 5.41) is 18.0. The number of hydrogen-bond acceptors (Lipinski definition) is 5. The molecule has 0 aliphatic rings. The fraction of sp³-hybridized carbons (Fsp3) is 0.286. The third-order valence-electron chi connectivity index (χ3n) is 3.09. The van der Waals surface area contributed by atoms with E-state index in [9.17, 15) is 4.79 Å². The molecule has 7 heteroatoms. The van der Waals surface area contributed by atoms with Crippen LogP contribution in [0.5, 0.6) is 5.75 Å². The van der Waals surface area contributed by atoms with E-state index in [1.165, 1.54) is 6.07 Å². The normalized spacial score (nSPS) is 10.5. The Bertz CT molecular complexity index is 668. The van der Waals surface area contributed by atoms with Crippen LogP contribution >= 0.6 is 0 Å². The zero-order valence-electron chi connectivity index (χ0n) is 12.0. The lowest BCUT2D eigenvalue weighted by Gasteiger charge is -2.11. The average molecular weight is 288 g/mol. The van der Waals surface area contributed by atoms with Gasteiger partial charge in [0.15, 0.2) is 0 Å². The molecular formula is C14H17BN2O4. The number of aromatic nitrogens is 2. The van der Waals surface area contributed by atoms with Crippen molar-refractivity contribution in [1.29, 1.82) is 0 Å². The van der Waals surface area contributed by atoms with Crippen LogP contribution in [0.4, 0.5) is 0 Å². The minimum atomic E-state index is -1.49. The van der Waals surface area contributed by atoms with Gasteiger partial charge in [-0.1, -0.05) is 12.1 Å². The lowest BCUT2D eigenvalue weighted by molar-refractivity contribution is 0.294. The van der Waals surface area contributed by atoms with Crippen LogP contribution in [0, 0.1) is 13.8 Å². The van der Waals surface area contributed by atoms with Gasteiger partial charge in [-0.25, -0.2) is 4.98 Å². The molecule has 0 amide bonds. The number of benzene rings is 1. The van der Waals surface area contributed by atoms with Gasteiger partial charge in [0.05, 0.1) is 6.54 Å². The summed E-state index contributed by atoms with van der Waals surface area (Å²) in [4.78, 5) is 16.1. The topological polar surface area (TPSA) is 84.6 Å². The van der Waals surface area contributed by atoms with Gasteiger partial charge in [-0.2, -0.15) is 0 Å². The Morgan fingerprint density at radius 2 is 1.90 bits per heavy atom. The van der Waals surface area contributed by atoms with Gasteiger partial charge in [0.25, 0.3) is 5.56 Å². The highest BCUT2D eigenvalue weighted by Gasteiger charge is 2.10. The minimum absolute atomic E-state index is 0.0950.